The predicted octanol–water partition coefficient (Wildman–Crippen LogP) is 4.41. The molecule has 0 fully saturated rings. The molecule has 0 atom stereocenters. The molecule has 1 amide bonds. The van der Waals surface area contributed by atoms with Crippen LogP contribution in [0.3, 0.4) is 0 Å². The van der Waals surface area contributed by atoms with Gasteiger partial charge in [0, 0.05) is 19.8 Å². The molecule has 7 nitrogen and oxygen atoms in total. The molecule has 0 saturated heterocycles. The minimum atomic E-state index is -4.11. The van der Waals surface area contributed by atoms with Crippen LogP contribution in [0.4, 0.5) is 11.4 Å². The third kappa shape index (κ3) is 6.04. The van der Waals surface area contributed by atoms with Gasteiger partial charge in [-0.05, 0) is 42.0 Å². The van der Waals surface area contributed by atoms with E-state index in [1.807, 2.05) is 43.3 Å². The number of rotatable bonds is 8. The van der Waals surface area contributed by atoms with Gasteiger partial charge in [-0.1, -0.05) is 59.6 Å². The van der Waals surface area contributed by atoms with Crippen molar-refractivity contribution in [1.29, 1.82) is 0 Å². The Balaban J connectivity index is 1.83. The molecule has 0 spiro atoms. The molecule has 3 aromatic rings. The summed E-state index contributed by atoms with van der Waals surface area (Å²) in [6, 6.07) is 19.9. The average molecular weight is 505 g/mol. The van der Waals surface area contributed by atoms with Gasteiger partial charge in [0.25, 0.3) is 15.9 Å². The van der Waals surface area contributed by atoms with Crippen molar-refractivity contribution in [2.75, 3.05) is 29.8 Å². The molecular formula is C23H22Cl2N4O3S. The van der Waals surface area contributed by atoms with E-state index >= 15 is 0 Å². The minimum absolute atomic E-state index is 0.0123. The van der Waals surface area contributed by atoms with Crippen LogP contribution in [0, 0.1) is 0 Å². The van der Waals surface area contributed by atoms with Crippen LogP contribution in [0.15, 0.2) is 82.8 Å². The van der Waals surface area contributed by atoms with Crippen molar-refractivity contribution in [2.45, 2.75) is 4.90 Å². The van der Waals surface area contributed by atoms with Crippen LogP contribution in [-0.4, -0.2) is 41.2 Å². The quantitative estimate of drug-likeness (QED) is 0.364. The topological polar surface area (TPSA) is 82.1 Å². The first-order valence-electron chi connectivity index (χ1n) is 9.81. The summed E-state index contributed by atoms with van der Waals surface area (Å²) < 4.78 is 27.5. The molecule has 0 saturated carbocycles. The number of amides is 1. The largest absolute Gasteiger partial charge is 0.378 e. The van der Waals surface area contributed by atoms with Gasteiger partial charge in [0.1, 0.15) is 6.54 Å². The van der Waals surface area contributed by atoms with Gasteiger partial charge < -0.3 is 4.90 Å². The summed E-state index contributed by atoms with van der Waals surface area (Å²) in [4.78, 5) is 14.6. The lowest BCUT2D eigenvalue weighted by molar-refractivity contribution is -0.119. The van der Waals surface area contributed by atoms with Crippen LogP contribution in [0.5, 0.6) is 0 Å². The van der Waals surface area contributed by atoms with Crippen molar-refractivity contribution >= 4 is 56.7 Å². The lowest BCUT2D eigenvalue weighted by atomic mass is 10.2. The van der Waals surface area contributed by atoms with Crippen molar-refractivity contribution in [3.8, 4) is 0 Å². The normalized spacial score (nSPS) is 11.4. The van der Waals surface area contributed by atoms with E-state index in [1.165, 1.54) is 30.5 Å². The Labute approximate surface area is 203 Å². The Morgan fingerprint density at radius 3 is 2.27 bits per heavy atom. The molecule has 0 aliphatic rings. The van der Waals surface area contributed by atoms with Gasteiger partial charge in [-0.2, -0.15) is 5.10 Å². The summed E-state index contributed by atoms with van der Waals surface area (Å²) in [6.45, 7) is -0.547. The molecule has 0 aromatic heterocycles. The van der Waals surface area contributed by atoms with Crippen molar-refractivity contribution < 1.29 is 13.2 Å². The highest BCUT2D eigenvalue weighted by molar-refractivity contribution is 7.92. The van der Waals surface area contributed by atoms with E-state index in [4.69, 9.17) is 23.2 Å². The van der Waals surface area contributed by atoms with E-state index in [1.54, 1.807) is 24.3 Å². The molecule has 10 heteroatoms. The first-order chi connectivity index (χ1) is 15.7. The Bertz CT molecular complexity index is 1250. The van der Waals surface area contributed by atoms with Gasteiger partial charge in [0.05, 0.1) is 26.8 Å². The van der Waals surface area contributed by atoms with E-state index in [0.717, 1.165) is 15.6 Å². The number of hydrazone groups is 1. The van der Waals surface area contributed by atoms with E-state index < -0.39 is 22.5 Å². The highest BCUT2D eigenvalue weighted by atomic mass is 35.5. The summed E-state index contributed by atoms with van der Waals surface area (Å²) in [5.41, 5.74) is 4.25. The van der Waals surface area contributed by atoms with Gasteiger partial charge in [0.15, 0.2) is 0 Å². The fourth-order valence-electron chi connectivity index (χ4n) is 2.91. The molecule has 0 aliphatic carbocycles. The molecule has 0 heterocycles. The van der Waals surface area contributed by atoms with E-state index in [9.17, 15) is 13.2 Å². The van der Waals surface area contributed by atoms with Crippen molar-refractivity contribution in [1.82, 2.24) is 5.43 Å². The van der Waals surface area contributed by atoms with Crippen molar-refractivity contribution in [3.05, 3.63) is 88.4 Å². The first kappa shape index (κ1) is 24.6. The zero-order valence-corrected chi connectivity index (χ0v) is 20.3. The van der Waals surface area contributed by atoms with Crippen LogP contribution in [0.25, 0.3) is 0 Å². The number of carbonyl (C=O) groups excluding carboxylic acids is 1. The summed E-state index contributed by atoms with van der Waals surface area (Å²) in [6.07, 6.45) is 1.47. The molecule has 3 rings (SSSR count). The zero-order chi connectivity index (χ0) is 24.0. The number of hydrogen-bond acceptors (Lipinski definition) is 5. The van der Waals surface area contributed by atoms with Gasteiger partial charge in [0.2, 0.25) is 0 Å². The molecule has 172 valence electrons. The molecule has 0 unspecified atom stereocenters. The molecule has 0 aliphatic heterocycles. The number of sulfonamides is 1. The number of nitrogens with zero attached hydrogens (tertiary/aromatic N) is 3. The van der Waals surface area contributed by atoms with Crippen LogP contribution in [-0.2, 0) is 14.8 Å². The SMILES string of the molecule is CN(C)c1ccc(/C=N/NC(=O)CN(c2cccc(Cl)c2Cl)S(=O)(=O)c2ccccc2)cc1. The highest BCUT2D eigenvalue weighted by Crippen LogP contribution is 2.35. The maximum Gasteiger partial charge on any atom is 0.264 e. The van der Waals surface area contributed by atoms with Gasteiger partial charge >= 0.3 is 0 Å². The van der Waals surface area contributed by atoms with Crippen molar-refractivity contribution in [3.63, 3.8) is 0 Å². The third-order valence-electron chi connectivity index (χ3n) is 4.63. The number of anilines is 2. The van der Waals surface area contributed by atoms with E-state index in [-0.39, 0.29) is 20.6 Å². The summed E-state index contributed by atoms with van der Waals surface area (Å²) in [5, 5.41) is 4.13. The standard InChI is InChI=1S/C23H22Cl2N4O3S/c1-28(2)18-13-11-17(12-14-18)15-26-27-22(30)16-29(21-10-6-9-20(24)23(21)25)33(31,32)19-7-4-3-5-8-19/h3-15H,16H2,1-2H3,(H,27,30)/b26-15+. The fourth-order valence-corrected chi connectivity index (χ4v) is 4.81. The van der Waals surface area contributed by atoms with Gasteiger partial charge in [-0.25, -0.2) is 13.8 Å². The number of carbonyl (C=O) groups is 1. The molecule has 33 heavy (non-hydrogen) atoms. The first-order valence-corrected chi connectivity index (χ1v) is 12.0. The van der Waals surface area contributed by atoms with Crippen LogP contribution in [0.2, 0.25) is 10.0 Å². The Morgan fingerprint density at radius 1 is 0.970 bits per heavy atom. The summed E-state index contributed by atoms with van der Waals surface area (Å²) in [7, 11) is -0.235. The molecular weight excluding hydrogens is 483 g/mol. The Kier molecular flexibility index (Phi) is 7.97. The Hall–Kier alpha value is -3.07. The monoisotopic (exact) mass is 504 g/mol. The van der Waals surface area contributed by atoms with Crippen LogP contribution < -0.4 is 14.6 Å². The molecule has 3 aromatic carbocycles. The molecule has 0 bridgehead atoms. The summed E-state index contributed by atoms with van der Waals surface area (Å²) >= 11 is 12.4. The fraction of sp³-hybridized carbons (Fsp3) is 0.130. The maximum absolute atomic E-state index is 13.3. The van der Waals surface area contributed by atoms with E-state index in [0.29, 0.717) is 0 Å². The Morgan fingerprint density at radius 2 is 1.64 bits per heavy atom. The zero-order valence-electron chi connectivity index (χ0n) is 17.9. The minimum Gasteiger partial charge on any atom is -0.378 e. The second kappa shape index (κ2) is 10.7. The maximum atomic E-state index is 13.3. The highest BCUT2D eigenvalue weighted by Gasteiger charge is 2.29. The van der Waals surface area contributed by atoms with E-state index in [2.05, 4.69) is 10.5 Å². The molecule has 0 radical (unpaired) electrons. The average Bonchev–Trinajstić information content (AvgIpc) is 2.80. The second-order valence-electron chi connectivity index (χ2n) is 7.18. The lowest BCUT2D eigenvalue weighted by Crippen LogP contribution is -2.39. The van der Waals surface area contributed by atoms with Crippen molar-refractivity contribution in [2.24, 2.45) is 5.10 Å². The number of nitrogens with one attached hydrogen (secondary N) is 1. The predicted molar refractivity (Wildman–Crippen MR) is 134 cm³/mol. The lowest BCUT2D eigenvalue weighted by Gasteiger charge is -2.24. The third-order valence-corrected chi connectivity index (χ3v) is 7.21. The number of benzene rings is 3. The summed E-state index contributed by atoms with van der Waals surface area (Å²) in [5.74, 6) is -0.647. The smallest absolute Gasteiger partial charge is 0.264 e. The number of halogens is 2. The second-order valence-corrected chi connectivity index (χ2v) is 9.82. The molecule has 1 N–H and O–H groups in total. The van der Waals surface area contributed by atoms with Gasteiger partial charge in [-0.15, -0.1) is 0 Å². The number of hydrogen-bond donors (Lipinski definition) is 1. The van der Waals surface area contributed by atoms with Gasteiger partial charge in [-0.3, -0.25) is 9.10 Å². The van der Waals surface area contributed by atoms with Crippen LogP contribution >= 0.6 is 23.2 Å². The van der Waals surface area contributed by atoms with Crippen LogP contribution in [0.1, 0.15) is 5.56 Å².